The highest BCUT2D eigenvalue weighted by molar-refractivity contribution is 6.61. The van der Waals surface area contributed by atoms with Crippen LogP contribution in [-0.2, 0) is 9.31 Å². The van der Waals surface area contributed by atoms with Crippen molar-refractivity contribution in [3.63, 3.8) is 0 Å². The van der Waals surface area contributed by atoms with Crippen molar-refractivity contribution in [2.45, 2.75) is 32.5 Å². The van der Waals surface area contributed by atoms with Gasteiger partial charge in [-0.05, 0) is 43.7 Å². The number of rotatable bonds is 2. The van der Waals surface area contributed by atoms with Gasteiger partial charge in [0.15, 0.2) is 0 Å². The monoisotopic (exact) mass is 317 g/mol. The highest BCUT2D eigenvalue weighted by atomic mass is 16.7. The van der Waals surface area contributed by atoms with Crippen LogP contribution in [0.5, 0.6) is 0 Å². The summed E-state index contributed by atoms with van der Waals surface area (Å²) in [5, 5.41) is 2.41. The average Bonchev–Trinajstić information content (AvgIpc) is 2.88. The average molecular weight is 317 g/mol. The maximum atomic E-state index is 6.04. The molecular formula is C20H20BNO2. The van der Waals surface area contributed by atoms with Crippen LogP contribution in [0.1, 0.15) is 20.8 Å². The first kappa shape index (κ1) is 15.4. The van der Waals surface area contributed by atoms with Crippen molar-refractivity contribution in [2.75, 3.05) is 0 Å². The van der Waals surface area contributed by atoms with Gasteiger partial charge in [0.2, 0.25) is 0 Å². The van der Waals surface area contributed by atoms with Gasteiger partial charge in [-0.25, -0.2) is 0 Å². The molecule has 24 heavy (non-hydrogen) atoms. The zero-order valence-electron chi connectivity index (χ0n) is 14.2. The van der Waals surface area contributed by atoms with Gasteiger partial charge in [0, 0.05) is 5.56 Å². The molecule has 4 rings (SSSR count). The van der Waals surface area contributed by atoms with Crippen molar-refractivity contribution in [3.05, 3.63) is 60.7 Å². The van der Waals surface area contributed by atoms with Crippen LogP contribution in [0, 0.1) is 0 Å². The Morgan fingerprint density at radius 2 is 1.71 bits per heavy atom. The predicted molar refractivity (Wildman–Crippen MR) is 98.3 cm³/mol. The first-order valence-electron chi connectivity index (χ1n) is 8.33. The second-order valence-electron chi connectivity index (χ2n) is 6.81. The Balaban J connectivity index is 1.76. The zero-order chi connectivity index (χ0) is 16.7. The van der Waals surface area contributed by atoms with Crippen molar-refractivity contribution in [1.82, 2.24) is 4.98 Å². The lowest BCUT2D eigenvalue weighted by Crippen LogP contribution is -2.36. The second-order valence-corrected chi connectivity index (χ2v) is 6.81. The van der Waals surface area contributed by atoms with E-state index in [1.165, 1.54) is 10.8 Å². The standard InChI is InChI=1S/C20H20BNO2/c1-14-20(2,3)24-21(23-14)19-13-7-12-18(22-19)17-11-6-9-15-8-4-5-10-16(15)17/h4-14H,1-3H3. The molecule has 0 saturated carbocycles. The van der Waals surface area contributed by atoms with Crippen LogP contribution < -0.4 is 5.59 Å². The lowest BCUT2D eigenvalue weighted by atomic mass is 9.84. The minimum Gasteiger partial charge on any atom is -0.401 e. The lowest BCUT2D eigenvalue weighted by Gasteiger charge is -2.21. The lowest BCUT2D eigenvalue weighted by molar-refractivity contribution is 0.0842. The molecule has 2 aromatic carbocycles. The molecule has 1 aliphatic rings. The smallest absolute Gasteiger partial charge is 0.401 e. The van der Waals surface area contributed by atoms with Gasteiger partial charge in [-0.1, -0.05) is 48.5 Å². The Labute approximate surface area is 142 Å². The molecule has 1 unspecified atom stereocenters. The molecule has 120 valence electrons. The van der Waals surface area contributed by atoms with Crippen molar-refractivity contribution in [3.8, 4) is 11.3 Å². The molecule has 0 N–H and O–H groups in total. The number of fused-ring (bicyclic) bond motifs is 1. The zero-order valence-corrected chi connectivity index (χ0v) is 14.2. The summed E-state index contributed by atoms with van der Waals surface area (Å²) in [6, 6.07) is 20.7. The van der Waals surface area contributed by atoms with Crippen LogP contribution in [0.4, 0.5) is 0 Å². The van der Waals surface area contributed by atoms with E-state index in [0.717, 1.165) is 16.9 Å². The summed E-state index contributed by atoms with van der Waals surface area (Å²) >= 11 is 0. The maximum absolute atomic E-state index is 6.04. The summed E-state index contributed by atoms with van der Waals surface area (Å²) in [5.74, 6) is 0. The van der Waals surface area contributed by atoms with Crippen LogP contribution in [0.25, 0.3) is 22.0 Å². The molecule has 0 bridgehead atoms. The quantitative estimate of drug-likeness (QED) is 0.674. The highest BCUT2D eigenvalue weighted by Crippen LogP contribution is 2.28. The summed E-state index contributed by atoms with van der Waals surface area (Å²) in [4.78, 5) is 4.83. The van der Waals surface area contributed by atoms with Gasteiger partial charge in [-0.15, -0.1) is 0 Å². The van der Waals surface area contributed by atoms with E-state index in [2.05, 4.69) is 42.5 Å². The first-order valence-corrected chi connectivity index (χ1v) is 8.33. The fourth-order valence-corrected chi connectivity index (χ4v) is 3.06. The topological polar surface area (TPSA) is 31.4 Å². The number of aromatic nitrogens is 1. The van der Waals surface area contributed by atoms with Gasteiger partial charge in [0.1, 0.15) is 0 Å². The molecule has 1 fully saturated rings. The normalized spacial score (nSPS) is 19.8. The van der Waals surface area contributed by atoms with Crippen molar-refractivity contribution in [1.29, 1.82) is 0 Å². The molecule has 2 heterocycles. The van der Waals surface area contributed by atoms with Crippen molar-refractivity contribution >= 4 is 23.5 Å². The van der Waals surface area contributed by atoms with Gasteiger partial charge in [-0.3, -0.25) is 4.98 Å². The van der Waals surface area contributed by atoms with Crippen LogP contribution in [0.15, 0.2) is 60.7 Å². The molecule has 1 aliphatic heterocycles. The molecule has 1 aromatic heterocycles. The third-order valence-corrected chi connectivity index (χ3v) is 4.80. The van der Waals surface area contributed by atoms with Crippen LogP contribution in [0.2, 0.25) is 0 Å². The van der Waals surface area contributed by atoms with Gasteiger partial charge in [0.25, 0.3) is 0 Å². The van der Waals surface area contributed by atoms with E-state index in [0.29, 0.717) is 0 Å². The second kappa shape index (κ2) is 5.73. The maximum Gasteiger partial charge on any atom is 0.514 e. The molecule has 0 amide bonds. The number of hydrogen-bond acceptors (Lipinski definition) is 3. The summed E-state index contributed by atoms with van der Waals surface area (Å²) in [7, 11) is -0.412. The van der Waals surface area contributed by atoms with Crippen LogP contribution in [0.3, 0.4) is 0 Å². The van der Waals surface area contributed by atoms with Crippen molar-refractivity contribution in [2.24, 2.45) is 0 Å². The summed E-state index contributed by atoms with van der Waals surface area (Å²) < 4.78 is 12.0. The Morgan fingerprint density at radius 1 is 0.958 bits per heavy atom. The predicted octanol–water partition coefficient (Wildman–Crippen LogP) is 3.81. The summed E-state index contributed by atoms with van der Waals surface area (Å²) in [5.41, 5.74) is 2.58. The Hall–Kier alpha value is -2.17. The molecule has 4 heteroatoms. The molecule has 0 spiro atoms. The van der Waals surface area contributed by atoms with Gasteiger partial charge < -0.3 is 9.31 Å². The summed E-state index contributed by atoms with van der Waals surface area (Å²) in [6.45, 7) is 6.13. The number of pyridine rings is 1. The van der Waals surface area contributed by atoms with Gasteiger partial charge in [-0.2, -0.15) is 0 Å². The summed E-state index contributed by atoms with van der Waals surface area (Å²) in [6.07, 6.45) is 0.0329. The van der Waals surface area contributed by atoms with Gasteiger partial charge >= 0.3 is 7.12 Å². The Morgan fingerprint density at radius 3 is 2.50 bits per heavy atom. The Kier molecular flexibility index (Phi) is 3.67. The molecule has 3 aromatic rings. The fraction of sp³-hybridized carbons (Fsp3) is 0.250. The highest BCUT2D eigenvalue weighted by Gasteiger charge is 2.44. The molecule has 0 radical (unpaired) electrons. The van der Waals surface area contributed by atoms with E-state index in [1.54, 1.807) is 0 Å². The van der Waals surface area contributed by atoms with Crippen molar-refractivity contribution < 1.29 is 9.31 Å². The van der Waals surface area contributed by atoms with E-state index in [4.69, 9.17) is 14.3 Å². The molecular weight excluding hydrogens is 297 g/mol. The van der Waals surface area contributed by atoms with E-state index in [9.17, 15) is 0 Å². The van der Waals surface area contributed by atoms with E-state index < -0.39 is 7.12 Å². The fourth-order valence-electron chi connectivity index (χ4n) is 3.06. The van der Waals surface area contributed by atoms with E-state index in [-0.39, 0.29) is 11.7 Å². The number of benzene rings is 2. The first-order chi connectivity index (χ1) is 11.5. The molecule has 1 saturated heterocycles. The third-order valence-electron chi connectivity index (χ3n) is 4.80. The molecule has 3 nitrogen and oxygen atoms in total. The SMILES string of the molecule is CC1OB(c2cccc(-c3cccc4ccccc34)n2)OC1(C)C. The Bertz CT molecular complexity index is 888. The van der Waals surface area contributed by atoms with Gasteiger partial charge in [0.05, 0.1) is 23.0 Å². The minimum atomic E-state index is -0.412. The molecule has 1 atom stereocenters. The largest absolute Gasteiger partial charge is 0.514 e. The molecule has 0 aliphatic carbocycles. The van der Waals surface area contributed by atoms with Crippen LogP contribution in [-0.4, -0.2) is 23.8 Å². The minimum absolute atomic E-state index is 0.0329. The van der Waals surface area contributed by atoms with Crippen LogP contribution >= 0.6 is 0 Å². The van der Waals surface area contributed by atoms with E-state index >= 15 is 0 Å². The number of hydrogen-bond donors (Lipinski definition) is 0. The van der Waals surface area contributed by atoms with E-state index in [1.807, 2.05) is 39.0 Å². The third kappa shape index (κ3) is 2.62. The number of nitrogens with zero attached hydrogens (tertiary/aromatic N) is 1.